The number of nitrogens with one attached hydrogen (secondary N) is 1. The number of ether oxygens (including phenoxy) is 2. The van der Waals surface area contributed by atoms with E-state index in [0.717, 1.165) is 30.5 Å². The number of esters is 1. The van der Waals surface area contributed by atoms with Crippen molar-refractivity contribution in [2.24, 2.45) is 0 Å². The molecule has 2 aromatic rings. The van der Waals surface area contributed by atoms with E-state index in [1.54, 1.807) is 11.0 Å². The second-order valence-electron chi connectivity index (χ2n) is 8.54. The third-order valence-electron chi connectivity index (χ3n) is 6.40. The van der Waals surface area contributed by atoms with E-state index < -0.39 is 0 Å². The summed E-state index contributed by atoms with van der Waals surface area (Å²) in [5.41, 5.74) is 2.73. The number of aromatic nitrogens is 1. The highest BCUT2D eigenvalue weighted by molar-refractivity contribution is 6.01. The maximum Gasteiger partial charge on any atom is 0.302 e. The molecule has 2 amide bonds. The summed E-state index contributed by atoms with van der Waals surface area (Å²) in [4.78, 5) is 39.8. The number of hydrogen-bond donors (Lipinski definition) is 1. The van der Waals surface area contributed by atoms with Crippen molar-refractivity contribution in [3.05, 3.63) is 58.9 Å². The summed E-state index contributed by atoms with van der Waals surface area (Å²) in [6.07, 6.45) is 2.40. The molecule has 2 atom stereocenters. The summed E-state index contributed by atoms with van der Waals surface area (Å²) in [7, 11) is 0. The molecule has 1 saturated heterocycles. The predicted octanol–water partition coefficient (Wildman–Crippen LogP) is 3.07. The number of nitrogens with zero attached hydrogens (tertiary/aromatic N) is 2. The van der Waals surface area contributed by atoms with Gasteiger partial charge in [0.15, 0.2) is 0 Å². The molecule has 3 heterocycles. The number of likely N-dealkylation sites (tertiary alicyclic amines) is 1. The van der Waals surface area contributed by atoms with Gasteiger partial charge in [-0.1, -0.05) is 37.3 Å². The molecule has 1 N–H and O–H groups in total. The maximum absolute atomic E-state index is 13.5. The fourth-order valence-electron chi connectivity index (χ4n) is 4.68. The Morgan fingerprint density at radius 3 is 2.73 bits per heavy atom. The molecule has 2 unspecified atom stereocenters. The number of amides is 2. The Balaban J connectivity index is 1.58. The normalized spacial score (nSPS) is 18.5. The van der Waals surface area contributed by atoms with Crippen LogP contribution in [-0.4, -0.2) is 53.1 Å². The molecular weight excluding hydrogens is 422 g/mol. The Morgan fingerprint density at radius 2 is 2.00 bits per heavy atom. The number of carbonyl (C=O) groups excluding carboxylic acids is 3. The van der Waals surface area contributed by atoms with Crippen molar-refractivity contribution in [1.29, 1.82) is 0 Å². The molecule has 1 aromatic heterocycles. The molecule has 0 aliphatic carbocycles. The lowest BCUT2D eigenvalue weighted by Gasteiger charge is -2.26. The van der Waals surface area contributed by atoms with E-state index >= 15 is 0 Å². The second kappa shape index (κ2) is 10.2. The minimum absolute atomic E-state index is 0.121. The zero-order valence-corrected chi connectivity index (χ0v) is 19.2. The highest BCUT2D eigenvalue weighted by Gasteiger charge is 2.34. The number of carbonyl (C=O) groups is 3. The van der Waals surface area contributed by atoms with Gasteiger partial charge in [0.1, 0.15) is 12.3 Å². The second-order valence-corrected chi connectivity index (χ2v) is 8.54. The molecule has 0 saturated carbocycles. The average molecular weight is 454 g/mol. The molecule has 33 heavy (non-hydrogen) atoms. The first-order valence-corrected chi connectivity index (χ1v) is 11.6. The van der Waals surface area contributed by atoms with Gasteiger partial charge >= 0.3 is 5.97 Å². The molecule has 8 heteroatoms. The molecule has 2 aliphatic rings. The SMILES string of the molecule is CCC(NC(=O)c1cc(C(=O)N2CCCC2COC(C)=O)n2c1COCC2)c1ccccc1. The molecule has 1 fully saturated rings. The maximum atomic E-state index is 13.5. The molecule has 4 rings (SSSR count). The quantitative estimate of drug-likeness (QED) is 0.651. The third kappa shape index (κ3) is 4.95. The van der Waals surface area contributed by atoms with E-state index in [0.29, 0.717) is 31.0 Å². The highest BCUT2D eigenvalue weighted by atomic mass is 16.5. The molecule has 1 aromatic carbocycles. The van der Waals surface area contributed by atoms with Crippen LogP contribution >= 0.6 is 0 Å². The minimum Gasteiger partial charge on any atom is -0.464 e. The third-order valence-corrected chi connectivity index (χ3v) is 6.40. The fraction of sp³-hybridized carbons (Fsp3) is 0.480. The summed E-state index contributed by atoms with van der Waals surface area (Å²) in [5.74, 6) is -0.701. The number of fused-ring (bicyclic) bond motifs is 1. The van der Waals surface area contributed by atoms with Crippen molar-refractivity contribution in [3.8, 4) is 0 Å². The number of rotatable bonds is 7. The fourth-order valence-corrected chi connectivity index (χ4v) is 4.68. The van der Waals surface area contributed by atoms with Gasteiger partial charge in [0.05, 0.1) is 36.6 Å². The molecule has 0 spiro atoms. The summed E-state index contributed by atoms with van der Waals surface area (Å²) >= 11 is 0. The van der Waals surface area contributed by atoms with Gasteiger partial charge in [-0.3, -0.25) is 14.4 Å². The minimum atomic E-state index is -0.352. The molecular formula is C25H31N3O5. The van der Waals surface area contributed by atoms with Crippen molar-refractivity contribution < 1.29 is 23.9 Å². The lowest BCUT2D eigenvalue weighted by molar-refractivity contribution is -0.142. The molecule has 0 bridgehead atoms. The van der Waals surface area contributed by atoms with E-state index in [9.17, 15) is 14.4 Å². The monoisotopic (exact) mass is 453 g/mol. The lowest BCUT2D eigenvalue weighted by atomic mass is 10.0. The molecule has 2 aliphatic heterocycles. The van der Waals surface area contributed by atoms with Crippen molar-refractivity contribution >= 4 is 17.8 Å². The van der Waals surface area contributed by atoms with E-state index in [-0.39, 0.29) is 43.1 Å². The largest absolute Gasteiger partial charge is 0.464 e. The summed E-state index contributed by atoms with van der Waals surface area (Å²) in [5, 5.41) is 3.12. The Bertz CT molecular complexity index is 1020. The van der Waals surface area contributed by atoms with Crippen LogP contribution in [0.4, 0.5) is 0 Å². The first-order chi connectivity index (χ1) is 16.0. The van der Waals surface area contributed by atoms with Crippen LogP contribution in [0.2, 0.25) is 0 Å². The van der Waals surface area contributed by atoms with E-state index in [1.165, 1.54) is 6.92 Å². The Labute approximate surface area is 193 Å². The van der Waals surface area contributed by atoms with Crippen LogP contribution in [0.15, 0.2) is 36.4 Å². The zero-order chi connectivity index (χ0) is 23.4. The Kier molecular flexibility index (Phi) is 7.13. The average Bonchev–Trinajstić information content (AvgIpc) is 3.46. The smallest absolute Gasteiger partial charge is 0.302 e. The summed E-state index contributed by atoms with van der Waals surface area (Å²) in [6.45, 7) is 5.49. The van der Waals surface area contributed by atoms with Gasteiger partial charge in [0.2, 0.25) is 0 Å². The van der Waals surface area contributed by atoms with Crippen molar-refractivity contribution in [2.75, 3.05) is 19.8 Å². The van der Waals surface area contributed by atoms with Gasteiger partial charge in [-0.05, 0) is 30.9 Å². The van der Waals surface area contributed by atoms with Gasteiger partial charge in [-0.15, -0.1) is 0 Å². The van der Waals surface area contributed by atoms with Crippen LogP contribution < -0.4 is 5.32 Å². The van der Waals surface area contributed by atoms with E-state index in [4.69, 9.17) is 9.47 Å². The van der Waals surface area contributed by atoms with Crippen LogP contribution in [0.1, 0.15) is 71.3 Å². The topological polar surface area (TPSA) is 89.9 Å². The van der Waals surface area contributed by atoms with Crippen LogP contribution in [0.5, 0.6) is 0 Å². The Morgan fingerprint density at radius 1 is 1.21 bits per heavy atom. The number of benzene rings is 1. The molecule has 8 nitrogen and oxygen atoms in total. The summed E-state index contributed by atoms with van der Waals surface area (Å²) in [6, 6.07) is 11.3. The number of hydrogen-bond acceptors (Lipinski definition) is 5. The molecule has 176 valence electrons. The first kappa shape index (κ1) is 23.0. The first-order valence-electron chi connectivity index (χ1n) is 11.6. The summed E-state index contributed by atoms with van der Waals surface area (Å²) < 4.78 is 12.7. The van der Waals surface area contributed by atoms with Crippen molar-refractivity contribution in [1.82, 2.24) is 14.8 Å². The van der Waals surface area contributed by atoms with Gasteiger partial charge in [-0.2, -0.15) is 0 Å². The van der Waals surface area contributed by atoms with Crippen LogP contribution in [-0.2, 0) is 27.4 Å². The van der Waals surface area contributed by atoms with Gasteiger partial charge in [-0.25, -0.2) is 0 Å². The lowest BCUT2D eigenvalue weighted by Crippen LogP contribution is -2.40. The van der Waals surface area contributed by atoms with E-state index in [2.05, 4.69) is 5.32 Å². The van der Waals surface area contributed by atoms with Gasteiger partial charge in [0, 0.05) is 20.0 Å². The zero-order valence-electron chi connectivity index (χ0n) is 19.2. The molecule has 0 radical (unpaired) electrons. The van der Waals surface area contributed by atoms with Crippen LogP contribution in [0.3, 0.4) is 0 Å². The van der Waals surface area contributed by atoms with Crippen molar-refractivity contribution in [2.45, 2.75) is 58.3 Å². The van der Waals surface area contributed by atoms with Gasteiger partial charge in [0.25, 0.3) is 11.8 Å². The van der Waals surface area contributed by atoms with Crippen molar-refractivity contribution in [3.63, 3.8) is 0 Å². The predicted molar refractivity (Wildman–Crippen MR) is 122 cm³/mol. The van der Waals surface area contributed by atoms with Crippen LogP contribution in [0, 0.1) is 0 Å². The standard InChI is InChI=1S/C25H31N3O5/c1-3-21(18-8-5-4-6-9-18)26-24(30)20-14-22(28-12-13-32-16-23(20)28)25(31)27-11-7-10-19(27)15-33-17(2)29/h4-6,8-9,14,19,21H,3,7,10-13,15-16H2,1-2H3,(H,26,30). The van der Waals surface area contributed by atoms with Gasteiger partial charge < -0.3 is 24.3 Å². The van der Waals surface area contributed by atoms with Crippen LogP contribution in [0.25, 0.3) is 0 Å². The highest BCUT2D eigenvalue weighted by Crippen LogP contribution is 2.27. The van der Waals surface area contributed by atoms with E-state index in [1.807, 2.05) is 41.8 Å². The Hall–Kier alpha value is -3.13.